The summed E-state index contributed by atoms with van der Waals surface area (Å²) in [5.74, 6) is 0.849. The topological polar surface area (TPSA) is 50.4 Å². The molecule has 0 fully saturated rings. The second kappa shape index (κ2) is 9.60. The van der Waals surface area contributed by atoms with Crippen molar-refractivity contribution in [2.24, 2.45) is 0 Å². The van der Waals surface area contributed by atoms with Crippen molar-refractivity contribution in [1.29, 1.82) is 0 Å². The van der Waals surface area contributed by atoms with E-state index >= 15 is 0 Å². The number of rotatable bonds is 8. The third kappa shape index (κ3) is 5.61. The SMILES string of the molecule is Cc1ccc(Nc2ccccc2NC(=O)CCCOc2ccccc2C)cc1. The molecule has 0 bridgehead atoms. The smallest absolute Gasteiger partial charge is 0.224 e. The van der Waals surface area contributed by atoms with Gasteiger partial charge in [0.2, 0.25) is 5.91 Å². The van der Waals surface area contributed by atoms with Gasteiger partial charge in [0.05, 0.1) is 18.0 Å². The van der Waals surface area contributed by atoms with Gasteiger partial charge in [-0.25, -0.2) is 0 Å². The number of para-hydroxylation sites is 3. The van der Waals surface area contributed by atoms with Crippen LogP contribution < -0.4 is 15.4 Å². The first-order valence-corrected chi connectivity index (χ1v) is 9.53. The highest BCUT2D eigenvalue weighted by atomic mass is 16.5. The van der Waals surface area contributed by atoms with Gasteiger partial charge in [-0.2, -0.15) is 0 Å². The lowest BCUT2D eigenvalue weighted by molar-refractivity contribution is -0.116. The van der Waals surface area contributed by atoms with E-state index in [-0.39, 0.29) is 5.91 Å². The summed E-state index contributed by atoms with van der Waals surface area (Å²) < 4.78 is 5.76. The molecule has 2 N–H and O–H groups in total. The van der Waals surface area contributed by atoms with Gasteiger partial charge in [-0.3, -0.25) is 4.79 Å². The number of hydrogen-bond acceptors (Lipinski definition) is 3. The minimum absolute atomic E-state index is 0.0217. The summed E-state index contributed by atoms with van der Waals surface area (Å²) in [6, 6.07) is 23.8. The molecule has 0 aliphatic rings. The van der Waals surface area contributed by atoms with E-state index < -0.39 is 0 Å². The van der Waals surface area contributed by atoms with Gasteiger partial charge in [-0.1, -0.05) is 48.0 Å². The predicted octanol–water partition coefficient (Wildman–Crippen LogP) is 5.84. The molecule has 0 aromatic heterocycles. The number of amides is 1. The number of ether oxygens (including phenoxy) is 1. The molecule has 1 amide bonds. The molecule has 0 radical (unpaired) electrons. The van der Waals surface area contributed by atoms with Gasteiger partial charge < -0.3 is 15.4 Å². The molecule has 0 spiro atoms. The highest BCUT2D eigenvalue weighted by Crippen LogP contribution is 2.25. The van der Waals surface area contributed by atoms with E-state index in [0.717, 1.165) is 28.4 Å². The normalized spacial score (nSPS) is 10.4. The average molecular weight is 374 g/mol. The quantitative estimate of drug-likeness (QED) is 0.487. The van der Waals surface area contributed by atoms with Gasteiger partial charge in [-0.15, -0.1) is 0 Å². The second-order valence-electron chi connectivity index (χ2n) is 6.80. The van der Waals surface area contributed by atoms with Crippen LogP contribution in [0.25, 0.3) is 0 Å². The van der Waals surface area contributed by atoms with Crippen LogP contribution >= 0.6 is 0 Å². The highest BCUT2D eigenvalue weighted by molar-refractivity contribution is 5.94. The van der Waals surface area contributed by atoms with Crippen molar-refractivity contribution >= 4 is 23.0 Å². The van der Waals surface area contributed by atoms with Crippen molar-refractivity contribution in [3.63, 3.8) is 0 Å². The van der Waals surface area contributed by atoms with Crippen molar-refractivity contribution in [2.45, 2.75) is 26.7 Å². The summed E-state index contributed by atoms with van der Waals surface area (Å²) in [6.07, 6.45) is 1.07. The zero-order chi connectivity index (χ0) is 19.8. The largest absolute Gasteiger partial charge is 0.493 e. The number of carbonyl (C=O) groups is 1. The van der Waals surface area contributed by atoms with E-state index in [4.69, 9.17) is 4.74 Å². The molecule has 0 heterocycles. The number of hydrogen-bond donors (Lipinski definition) is 2. The van der Waals surface area contributed by atoms with Gasteiger partial charge in [0, 0.05) is 12.1 Å². The van der Waals surface area contributed by atoms with Crippen molar-refractivity contribution < 1.29 is 9.53 Å². The first-order valence-electron chi connectivity index (χ1n) is 9.53. The molecule has 28 heavy (non-hydrogen) atoms. The molecule has 3 rings (SSSR count). The lowest BCUT2D eigenvalue weighted by Gasteiger charge is -2.13. The van der Waals surface area contributed by atoms with Gasteiger partial charge in [0.15, 0.2) is 0 Å². The highest BCUT2D eigenvalue weighted by Gasteiger charge is 2.07. The molecule has 144 valence electrons. The molecule has 0 saturated carbocycles. The zero-order valence-electron chi connectivity index (χ0n) is 16.4. The van der Waals surface area contributed by atoms with Crippen molar-refractivity contribution in [3.05, 3.63) is 83.9 Å². The maximum Gasteiger partial charge on any atom is 0.224 e. The zero-order valence-corrected chi connectivity index (χ0v) is 16.4. The Balaban J connectivity index is 1.51. The van der Waals surface area contributed by atoms with Crippen LogP contribution in [-0.2, 0) is 4.79 Å². The van der Waals surface area contributed by atoms with Crippen LogP contribution in [-0.4, -0.2) is 12.5 Å². The third-order valence-corrected chi connectivity index (χ3v) is 4.43. The number of carbonyl (C=O) groups excluding carboxylic acids is 1. The Morgan fingerprint density at radius 2 is 1.54 bits per heavy atom. The maximum absolute atomic E-state index is 12.3. The summed E-state index contributed by atoms with van der Waals surface area (Å²) in [6.45, 7) is 4.59. The molecular weight excluding hydrogens is 348 g/mol. The molecule has 0 aliphatic carbocycles. The van der Waals surface area contributed by atoms with Gasteiger partial charge in [-0.05, 0) is 56.2 Å². The van der Waals surface area contributed by atoms with E-state index in [1.165, 1.54) is 5.56 Å². The van der Waals surface area contributed by atoms with Crippen LogP contribution in [0.3, 0.4) is 0 Å². The number of aryl methyl sites for hydroxylation is 2. The fourth-order valence-corrected chi connectivity index (χ4v) is 2.84. The summed E-state index contributed by atoms with van der Waals surface area (Å²) in [4.78, 5) is 12.3. The molecule has 0 atom stereocenters. The molecule has 3 aromatic rings. The molecule has 4 nitrogen and oxygen atoms in total. The van der Waals surface area contributed by atoms with Crippen molar-refractivity contribution in [3.8, 4) is 5.75 Å². The van der Waals surface area contributed by atoms with E-state index in [0.29, 0.717) is 19.4 Å². The Labute approximate surface area is 166 Å². The lowest BCUT2D eigenvalue weighted by Crippen LogP contribution is -2.14. The Kier molecular flexibility index (Phi) is 6.68. The molecule has 0 aliphatic heterocycles. The van der Waals surface area contributed by atoms with Crippen LogP contribution in [0.1, 0.15) is 24.0 Å². The monoisotopic (exact) mass is 374 g/mol. The van der Waals surface area contributed by atoms with Crippen LogP contribution in [0.15, 0.2) is 72.8 Å². The van der Waals surface area contributed by atoms with Crippen LogP contribution in [0.4, 0.5) is 17.1 Å². The standard InChI is InChI=1S/C24H26N2O2/c1-18-13-15-20(16-14-18)25-21-9-4-5-10-22(21)26-24(27)12-7-17-28-23-11-6-3-8-19(23)2/h3-6,8-11,13-16,25H,7,12,17H2,1-2H3,(H,26,27). The molecule has 4 heteroatoms. The lowest BCUT2D eigenvalue weighted by atomic mass is 10.2. The number of benzene rings is 3. The Morgan fingerprint density at radius 1 is 0.857 bits per heavy atom. The Hall–Kier alpha value is -3.27. The van der Waals surface area contributed by atoms with Crippen LogP contribution in [0.2, 0.25) is 0 Å². The van der Waals surface area contributed by atoms with Gasteiger partial charge in [0.1, 0.15) is 5.75 Å². The fourth-order valence-electron chi connectivity index (χ4n) is 2.84. The van der Waals surface area contributed by atoms with E-state index in [2.05, 4.69) is 29.7 Å². The summed E-state index contributed by atoms with van der Waals surface area (Å²) in [7, 11) is 0. The molecule has 3 aromatic carbocycles. The summed E-state index contributed by atoms with van der Waals surface area (Å²) in [5.41, 5.74) is 4.94. The maximum atomic E-state index is 12.3. The minimum atomic E-state index is -0.0217. The van der Waals surface area contributed by atoms with Crippen LogP contribution in [0.5, 0.6) is 5.75 Å². The molecule has 0 unspecified atom stereocenters. The second-order valence-corrected chi connectivity index (χ2v) is 6.80. The van der Waals surface area contributed by atoms with Gasteiger partial charge in [0.25, 0.3) is 0 Å². The Bertz CT molecular complexity index is 920. The van der Waals surface area contributed by atoms with E-state index in [1.54, 1.807) is 0 Å². The van der Waals surface area contributed by atoms with Crippen LogP contribution in [0, 0.1) is 13.8 Å². The summed E-state index contributed by atoms with van der Waals surface area (Å²) >= 11 is 0. The van der Waals surface area contributed by atoms with Crippen molar-refractivity contribution in [1.82, 2.24) is 0 Å². The van der Waals surface area contributed by atoms with Gasteiger partial charge >= 0.3 is 0 Å². The first-order chi connectivity index (χ1) is 13.6. The average Bonchev–Trinajstić information content (AvgIpc) is 2.70. The molecule has 0 saturated heterocycles. The fraction of sp³-hybridized carbons (Fsp3) is 0.208. The summed E-state index contributed by atoms with van der Waals surface area (Å²) in [5, 5.41) is 6.36. The van der Waals surface area contributed by atoms with E-state index in [9.17, 15) is 4.79 Å². The number of anilines is 3. The number of nitrogens with one attached hydrogen (secondary N) is 2. The Morgan fingerprint density at radius 3 is 2.29 bits per heavy atom. The first kappa shape index (κ1) is 19.5. The molecular formula is C24H26N2O2. The minimum Gasteiger partial charge on any atom is -0.493 e. The third-order valence-electron chi connectivity index (χ3n) is 4.43. The van der Waals surface area contributed by atoms with Crippen molar-refractivity contribution in [2.75, 3.05) is 17.2 Å². The van der Waals surface area contributed by atoms with E-state index in [1.807, 2.05) is 67.6 Å². The predicted molar refractivity (Wildman–Crippen MR) is 115 cm³/mol.